The molecule has 1 aliphatic carbocycles. The van der Waals surface area contributed by atoms with Gasteiger partial charge in [-0.2, -0.15) is 0 Å². The number of halogens is 1. The largest absolute Gasteiger partial charge is 0.307 e. The lowest BCUT2D eigenvalue weighted by molar-refractivity contribution is 0.526. The van der Waals surface area contributed by atoms with E-state index in [1.165, 1.54) is 30.2 Å². The molecular weight excluding hydrogens is 289 g/mol. The maximum absolute atomic E-state index is 13.2. The molecular formula is C19H24FN3. The van der Waals surface area contributed by atoms with Crippen LogP contribution in [0.15, 0.2) is 24.3 Å². The van der Waals surface area contributed by atoms with Gasteiger partial charge in [-0.25, -0.2) is 14.4 Å². The first-order valence-electron chi connectivity index (χ1n) is 8.45. The minimum atomic E-state index is -0.177. The topological polar surface area (TPSA) is 37.8 Å². The van der Waals surface area contributed by atoms with Gasteiger partial charge >= 0.3 is 0 Å². The van der Waals surface area contributed by atoms with Gasteiger partial charge in [-0.05, 0) is 69.2 Å². The van der Waals surface area contributed by atoms with Gasteiger partial charge < -0.3 is 5.32 Å². The van der Waals surface area contributed by atoms with Gasteiger partial charge in [0, 0.05) is 17.4 Å². The fraction of sp³-hybridized carbons (Fsp3) is 0.474. The number of hydrogen-bond donors (Lipinski definition) is 1. The third-order valence-electron chi connectivity index (χ3n) is 4.48. The Morgan fingerprint density at radius 1 is 1.22 bits per heavy atom. The van der Waals surface area contributed by atoms with E-state index >= 15 is 0 Å². The molecule has 2 aromatic rings. The van der Waals surface area contributed by atoms with Gasteiger partial charge in [0.15, 0.2) is 0 Å². The Hall–Kier alpha value is -1.81. The van der Waals surface area contributed by atoms with E-state index < -0.39 is 0 Å². The predicted molar refractivity (Wildman–Crippen MR) is 89.8 cm³/mol. The van der Waals surface area contributed by atoms with E-state index in [9.17, 15) is 4.39 Å². The molecule has 122 valence electrons. The summed E-state index contributed by atoms with van der Waals surface area (Å²) in [7, 11) is 0. The van der Waals surface area contributed by atoms with Crippen molar-refractivity contribution in [3.05, 3.63) is 58.4 Å². The lowest BCUT2D eigenvalue weighted by atomic mass is 9.95. The second-order valence-corrected chi connectivity index (χ2v) is 6.47. The Morgan fingerprint density at radius 3 is 2.87 bits per heavy atom. The Balaban J connectivity index is 1.60. The van der Waals surface area contributed by atoms with Crippen molar-refractivity contribution in [2.24, 2.45) is 0 Å². The van der Waals surface area contributed by atoms with E-state index in [1.807, 2.05) is 6.07 Å². The number of aryl methyl sites for hydroxylation is 2. The van der Waals surface area contributed by atoms with Crippen LogP contribution in [0.4, 0.5) is 4.39 Å². The fourth-order valence-corrected chi connectivity index (χ4v) is 3.28. The normalized spacial score (nSPS) is 15.3. The highest BCUT2D eigenvalue weighted by Gasteiger charge is 2.15. The monoisotopic (exact) mass is 313 g/mol. The molecule has 1 aromatic heterocycles. The van der Waals surface area contributed by atoms with Crippen molar-refractivity contribution in [2.45, 2.75) is 58.5 Å². The van der Waals surface area contributed by atoms with Crippen molar-refractivity contribution in [1.82, 2.24) is 15.3 Å². The molecule has 0 unspecified atom stereocenters. The maximum Gasteiger partial charge on any atom is 0.142 e. The molecule has 3 rings (SSSR count). The Labute approximate surface area is 137 Å². The fourth-order valence-electron chi connectivity index (χ4n) is 3.28. The SMILES string of the molecule is Cc1nc(CN[C@H](C)Cc2cccc(F)c2)nc2c1CCCC2. The first-order valence-corrected chi connectivity index (χ1v) is 8.45. The summed E-state index contributed by atoms with van der Waals surface area (Å²) in [6.07, 6.45) is 5.46. The number of aromatic nitrogens is 2. The van der Waals surface area contributed by atoms with Crippen LogP contribution in [0.3, 0.4) is 0 Å². The van der Waals surface area contributed by atoms with E-state index in [0.717, 1.165) is 36.3 Å². The van der Waals surface area contributed by atoms with Crippen molar-refractivity contribution >= 4 is 0 Å². The third kappa shape index (κ3) is 4.14. The molecule has 3 nitrogen and oxygen atoms in total. The molecule has 0 spiro atoms. The van der Waals surface area contributed by atoms with Crippen LogP contribution in [-0.2, 0) is 25.8 Å². The Morgan fingerprint density at radius 2 is 2.04 bits per heavy atom. The molecule has 1 atom stereocenters. The molecule has 0 radical (unpaired) electrons. The zero-order valence-electron chi connectivity index (χ0n) is 13.9. The van der Waals surface area contributed by atoms with E-state index in [2.05, 4.69) is 24.1 Å². The summed E-state index contributed by atoms with van der Waals surface area (Å²) >= 11 is 0. The molecule has 0 fully saturated rings. The molecule has 1 N–H and O–H groups in total. The van der Waals surface area contributed by atoms with Crippen molar-refractivity contribution in [1.29, 1.82) is 0 Å². The summed E-state index contributed by atoms with van der Waals surface area (Å²) in [5, 5.41) is 3.45. The average molecular weight is 313 g/mol. The summed E-state index contributed by atoms with van der Waals surface area (Å²) in [6, 6.07) is 7.04. The summed E-state index contributed by atoms with van der Waals surface area (Å²) < 4.78 is 13.2. The van der Waals surface area contributed by atoms with E-state index in [-0.39, 0.29) is 11.9 Å². The first kappa shape index (κ1) is 16.1. The molecule has 1 heterocycles. The quantitative estimate of drug-likeness (QED) is 0.918. The van der Waals surface area contributed by atoms with Crippen molar-refractivity contribution in [3.8, 4) is 0 Å². The molecule has 4 heteroatoms. The number of rotatable bonds is 5. The number of fused-ring (bicyclic) bond motifs is 1. The van der Waals surface area contributed by atoms with Crippen molar-refractivity contribution < 1.29 is 4.39 Å². The number of hydrogen-bond acceptors (Lipinski definition) is 3. The minimum absolute atomic E-state index is 0.177. The number of benzene rings is 1. The minimum Gasteiger partial charge on any atom is -0.307 e. The van der Waals surface area contributed by atoms with E-state index in [0.29, 0.717) is 6.54 Å². The highest BCUT2D eigenvalue weighted by Crippen LogP contribution is 2.21. The van der Waals surface area contributed by atoms with Gasteiger partial charge in [0.05, 0.1) is 6.54 Å². The van der Waals surface area contributed by atoms with Gasteiger partial charge in [-0.3, -0.25) is 0 Å². The summed E-state index contributed by atoms with van der Waals surface area (Å²) in [5.41, 5.74) is 4.72. The summed E-state index contributed by atoms with van der Waals surface area (Å²) in [6.45, 7) is 4.85. The van der Waals surface area contributed by atoms with Gasteiger partial charge in [-0.15, -0.1) is 0 Å². The second-order valence-electron chi connectivity index (χ2n) is 6.47. The molecule has 0 saturated heterocycles. The van der Waals surface area contributed by atoms with Crippen LogP contribution in [0.25, 0.3) is 0 Å². The lowest BCUT2D eigenvalue weighted by Crippen LogP contribution is -2.29. The van der Waals surface area contributed by atoms with E-state index in [1.54, 1.807) is 12.1 Å². The molecule has 0 bridgehead atoms. The summed E-state index contributed by atoms with van der Waals surface area (Å²) in [5.74, 6) is 0.692. The van der Waals surface area contributed by atoms with Gasteiger partial charge in [0.2, 0.25) is 0 Å². The van der Waals surface area contributed by atoms with Gasteiger partial charge in [0.25, 0.3) is 0 Å². The maximum atomic E-state index is 13.2. The van der Waals surface area contributed by atoms with Crippen LogP contribution in [0.5, 0.6) is 0 Å². The van der Waals surface area contributed by atoms with Crippen LogP contribution in [0, 0.1) is 12.7 Å². The van der Waals surface area contributed by atoms with Gasteiger partial charge in [0.1, 0.15) is 11.6 Å². The Bertz CT molecular complexity index is 684. The van der Waals surface area contributed by atoms with E-state index in [4.69, 9.17) is 4.98 Å². The smallest absolute Gasteiger partial charge is 0.142 e. The molecule has 0 aliphatic heterocycles. The van der Waals surface area contributed by atoms with Crippen LogP contribution in [0.1, 0.15) is 48.1 Å². The second kappa shape index (κ2) is 7.18. The zero-order valence-corrected chi connectivity index (χ0v) is 13.9. The van der Waals surface area contributed by atoms with Gasteiger partial charge in [-0.1, -0.05) is 12.1 Å². The molecule has 1 aliphatic rings. The van der Waals surface area contributed by atoms with Crippen LogP contribution < -0.4 is 5.32 Å². The number of nitrogens with one attached hydrogen (secondary N) is 1. The lowest BCUT2D eigenvalue weighted by Gasteiger charge is -2.19. The third-order valence-corrected chi connectivity index (χ3v) is 4.48. The van der Waals surface area contributed by atoms with Crippen LogP contribution >= 0.6 is 0 Å². The highest BCUT2D eigenvalue weighted by molar-refractivity contribution is 5.27. The predicted octanol–water partition coefficient (Wildman–Crippen LogP) is 3.52. The molecule has 23 heavy (non-hydrogen) atoms. The first-order chi connectivity index (χ1) is 11.1. The zero-order chi connectivity index (χ0) is 16.2. The molecule has 0 saturated carbocycles. The highest BCUT2D eigenvalue weighted by atomic mass is 19.1. The van der Waals surface area contributed by atoms with Crippen LogP contribution in [-0.4, -0.2) is 16.0 Å². The van der Waals surface area contributed by atoms with Crippen molar-refractivity contribution in [3.63, 3.8) is 0 Å². The standard InChI is InChI=1S/C19H24FN3/c1-13(10-15-6-5-7-16(20)11-15)21-12-19-22-14(2)17-8-3-4-9-18(17)23-19/h5-7,11,13,21H,3-4,8-10,12H2,1-2H3/t13-/m1/s1. The Kier molecular flexibility index (Phi) is 5.01. The summed E-state index contributed by atoms with van der Waals surface area (Å²) in [4.78, 5) is 9.38. The molecule has 0 amide bonds. The average Bonchev–Trinajstić information content (AvgIpc) is 2.53. The molecule has 1 aromatic carbocycles. The van der Waals surface area contributed by atoms with Crippen molar-refractivity contribution in [2.75, 3.05) is 0 Å². The van der Waals surface area contributed by atoms with Crippen LogP contribution in [0.2, 0.25) is 0 Å². The number of nitrogens with zero attached hydrogens (tertiary/aromatic N) is 2.